The van der Waals surface area contributed by atoms with Crippen molar-refractivity contribution in [2.45, 2.75) is 37.5 Å². The van der Waals surface area contributed by atoms with Crippen molar-refractivity contribution in [1.82, 2.24) is 15.2 Å². The number of alkyl halides is 3. The maximum absolute atomic E-state index is 13.5. The lowest BCUT2D eigenvalue weighted by atomic mass is 9.96. The molecular formula is C29H28ClF3N4O3. The van der Waals surface area contributed by atoms with Crippen LogP contribution in [0.5, 0.6) is 5.75 Å². The normalized spacial score (nSPS) is 17.5. The minimum absolute atomic E-state index is 0.0661. The van der Waals surface area contributed by atoms with E-state index >= 15 is 0 Å². The van der Waals surface area contributed by atoms with Gasteiger partial charge in [0.15, 0.2) is 0 Å². The van der Waals surface area contributed by atoms with Gasteiger partial charge >= 0.3 is 6.18 Å². The van der Waals surface area contributed by atoms with Crippen LogP contribution in [0.2, 0.25) is 5.02 Å². The molecule has 5 rings (SSSR count). The minimum Gasteiger partial charge on any atom is -0.493 e. The average Bonchev–Trinajstić information content (AvgIpc) is 2.96. The number of pyridine rings is 1. The number of carbonyl (C=O) groups is 2. The number of benzene rings is 2. The van der Waals surface area contributed by atoms with Crippen LogP contribution in [0.15, 0.2) is 60.9 Å². The Morgan fingerprint density at radius 2 is 1.77 bits per heavy atom. The van der Waals surface area contributed by atoms with Crippen molar-refractivity contribution in [3.8, 4) is 5.75 Å². The van der Waals surface area contributed by atoms with E-state index in [1.54, 1.807) is 42.5 Å². The number of fused-ring (bicyclic) bond motifs is 1. The number of hydrogen-bond donors (Lipinski definition) is 1. The summed E-state index contributed by atoms with van der Waals surface area (Å²) in [6, 6.07) is 11.2. The first-order valence-electron chi connectivity index (χ1n) is 13.0. The van der Waals surface area contributed by atoms with Gasteiger partial charge in [0.1, 0.15) is 5.75 Å². The van der Waals surface area contributed by atoms with Crippen molar-refractivity contribution >= 4 is 29.1 Å². The number of nitrogens with zero attached hydrogens (tertiary/aromatic N) is 3. The zero-order chi connectivity index (χ0) is 28.4. The number of ether oxygens (including phenoxy) is 1. The van der Waals surface area contributed by atoms with Crippen molar-refractivity contribution in [3.63, 3.8) is 0 Å². The minimum atomic E-state index is -4.61. The number of amides is 2. The largest absolute Gasteiger partial charge is 0.493 e. The second-order valence-corrected chi connectivity index (χ2v) is 10.4. The van der Waals surface area contributed by atoms with Gasteiger partial charge in [0.25, 0.3) is 11.8 Å². The van der Waals surface area contributed by atoms with Gasteiger partial charge in [-0.1, -0.05) is 11.6 Å². The summed E-state index contributed by atoms with van der Waals surface area (Å²) in [5.74, 6) is -0.373. The van der Waals surface area contributed by atoms with Gasteiger partial charge < -0.3 is 19.9 Å². The highest BCUT2D eigenvalue weighted by molar-refractivity contribution is 6.33. The number of anilines is 1. The van der Waals surface area contributed by atoms with Crippen LogP contribution in [0.3, 0.4) is 0 Å². The van der Waals surface area contributed by atoms with E-state index < -0.39 is 23.7 Å². The Bertz CT molecular complexity index is 1400. The van der Waals surface area contributed by atoms with E-state index in [1.807, 2.05) is 12.1 Å². The summed E-state index contributed by atoms with van der Waals surface area (Å²) in [6.45, 7) is 1.94. The first-order valence-corrected chi connectivity index (χ1v) is 13.4. The zero-order valence-corrected chi connectivity index (χ0v) is 22.5. The Morgan fingerprint density at radius 3 is 2.48 bits per heavy atom. The molecule has 0 saturated carbocycles. The third-order valence-corrected chi connectivity index (χ3v) is 7.83. The van der Waals surface area contributed by atoms with Gasteiger partial charge in [-0.05, 0) is 61.4 Å². The number of piperidine rings is 1. The van der Waals surface area contributed by atoms with Gasteiger partial charge in [0.2, 0.25) is 0 Å². The maximum atomic E-state index is 13.5. The Kier molecular flexibility index (Phi) is 7.89. The summed E-state index contributed by atoms with van der Waals surface area (Å²) in [5, 5.41) is 2.70. The molecule has 1 aromatic heterocycles. The van der Waals surface area contributed by atoms with Gasteiger partial charge in [-0.25, -0.2) is 0 Å². The molecule has 3 heterocycles. The van der Waals surface area contributed by atoms with Crippen LogP contribution in [-0.2, 0) is 6.18 Å². The molecule has 2 aliphatic heterocycles. The van der Waals surface area contributed by atoms with E-state index in [0.717, 1.165) is 49.8 Å². The molecular weight excluding hydrogens is 545 g/mol. The second-order valence-electron chi connectivity index (χ2n) is 9.95. The monoisotopic (exact) mass is 572 g/mol. The van der Waals surface area contributed by atoms with Gasteiger partial charge in [-0.15, -0.1) is 0 Å². The van der Waals surface area contributed by atoms with E-state index in [-0.39, 0.29) is 22.5 Å². The fourth-order valence-electron chi connectivity index (χ4n) is 5.22. The SMILES string of the molecule is CN(C(=O)c1ccc2c(c1)C(NC(=O)c1cc(C(F)(F)F)ccc1Cl)CCO2)C1CCN(c2ccncc2)CC1. The van der Waals surface area contributed by atoms with E-state index in [1.165, 1.54) is 0 Å². The number of hydrogen-bond acceptors (Lipinski definition) is 5. The van der Waals surface area contributed by atoms with Crippen molar-refractivity contribution in [3.05, 3.63) is 88.2 Å². The molecule has 40 heavy (non-hydrogen) atoms. The van der Waals surface area contributed by atoms with Gasteiger partial charge in [0, 0.05) is 61.8 Å². The standard InChI is InChI=1S/C29H28ClF3N4O3/c1-36(20-8-13-37(14-9-20)21-6-11-34-12-7-21)28(39)18-2-5-26-23(16-18)25(10-15-40-26)35-27(38)22-17-19(29(31,32)33)3-4-24(22)30/h2-7,11-12,16-17,20,25H,8-10,13-15H2,1H3,(H,35,38). The number of halogens is 4. The van der Waals surface area contributed by atoms with Gasteiger partial charge in [-0.2, -0.15) is 13.2 Å². The predicted molar refractivity (Wildman–Crippen MR) is 145 cm³/mol. The molecule has 2 amide bonds. The molecule has 2 aliphatic rings. The Hall–Kier alpha value is -3.79. The first kappa shape index (κ1) is 27.8. The average molecular weight is 573 g/mol. The number of aromatic nitrogens is 1. The Morgan fingerprint density at radius 1 is 1.05 bits per heavy atom. The molecule has 1 N–H and O–H groups in total. The van der Waals surface area contributed by atoms with Crippen LogP contribution < -0.4 is 15.0 Å². The smallest absolute Gasteiger partial charge is 0.416 e. The fraction of sp³-hybridized carbons (Fsp3) is 0.345. The molecule has 0 radical (unpaired) electrons. The Labute approximate surface area is 234 Å². The number of carbonyl (C=O) groups excluding carboxylic acids is 2. The summed E-state index contributed by atoms with van der Waals surface area (Å²) in [5.41, 5.74) is 0.914. The highest BCUT2D eigenvalue weighted by Crippen LogP contribution is 2.35. The van der Waals surface area contributed by atoms with Crippen LogP contribution in [-0.4, -0.2) is 54.5 Å². The van der Waals surface area contributed by atoms with E-state index in [0.29, 0.717) is 29.9 Å². The highest BCUT2D eigenvalue weighted by Gasteiger charge is 2.33. The van der Waals surface area contributed by atoms with Crippen molar-refractivity contribution in [1.29, 1.82) is 0 Å². The topological polar surface area (TPSA) is 74.8 Å². The highest BCUT2D eigenvalue weighted by atomic mass is 35.5. The summed E-state index contributed by atoms with van der Waals surface area (Å²) in [7, 11) is 1.79. The van der Waals surface area contributed by atoms with Crippen molar-refractivity contribution in [2.24, 2.45) is 0 Å². The lowest BCUT2D eigenvalue weighted by molar-refractivity contribution is -0.137. The molecule has 1 unspecified atom stereocenters. The van der Waals surface area contributed by atoms with E-state index in [9.17, 15) is 22.8 Å². The van der Waals surface area contributed by atoms with Crippen LogP contribution >= 0.6 is 11.6 Å². The molecule has 1 saturated heterocycles. The molecule has 11 heteroatoms. The third kappa shape index (κ3) is 5.86. The van der Waals surface area contributed by atoms with Crippen molar-refractivity contribution < 1.29 is 27.5 Å². The third-order valence-electron chi connectivity index (χ3n) is 7.50. The van der Waals surface area contributed by atoms with Crippen molar-refractivity contribution in [2.75, 3.05) is 31.6 Å². The van der Waals surface area contributed by atoms with E-state index in [4.69, 9.17) is 16.3 Å². The molecule has 0 bridgehead atoms. The van der Waals surface area contributed by atoms with Crippen LogP contribution in [0.1, 0.15) is 57.1 Å². The lowest BCUT2D eigenvalue weighted by Crippen LogP contribution is -2.45. The van der Waals surface area contributed by atoms with E-state index in [2.05, 4.69) is 15.2 Å². The molecule has 0 aliphatic carbocycles. The number of nitrogens with one attached hydrogen (secondary N) is 1. The number of rotatable bonds is 5. The molecule has 0 spiro atoms. The van der Waals surface area contributed by atoms with Crippen LogP contribution in [0.4, 0.5) is 18.9 Å². The molecule has 3 aromatic rings. The summed E-state index contributed by atoms with van der Waals surface area (Å²) in [4.78, 5) is 34.6. The summed E-state index contributed by atoms with van der Waals surface area (Å²) < 4.78 is 45.3. The maximum Gasteiger partial charge on any atom is 0.416 e. The molecule has 210 valence electrons. The molecule has 2 aromatic carbocycles. The molecule has 7 nitrogen and oxygen atoms in total. The molecule has 1 fully saturated rings. The first-order chi connectivity index (χ1) is 19.1. The van der Waals surface area contributed by atoms with Crippen LogP contribution in [0.25, 0.3) is 0 Å². The summed E-state index contributed by atoms with van der Waals surface area (Å²) >= 11 is 6.07. The predicted octanol–water partition coefficient (Wildman–Crippen LogP) is 5.75. The second kappa shape index (κ2) is 11.4. The fourth-order valence-corrected chi connectivity index (χ4v) is 5.43. The quantitative estimate of drug-likeness (QED) is 0.421. The Balaban J connectivity index is 1.29. The molecule has 1 atom stereocenters. The van der Waals surface area contributed by atoms with Crippen LogP contribution in [0, 0.1) is 0 Å². The summed E-state index contributed by atoms with van der Waals surface area (Å²) in [6.07, 6.45) is 0.934. The lowest BCUT2D eigenvalue weighted by Gasteiger charge is -2.38. The van der Waals surface area contributed by atoms with Gasteiger partial charge in [0.05, 0.1) is 28.8 Å². The van der Waals surface area contributed by atoms with Gasteiger partial charge in [-0.3, -0.25) is 14.6 Å². The zero-order valence-electron chi connectivity index (χ0n) is 21.7.